The van der Waals surface area contributed by atoms with E-state index in [-0.39, 0.29) is 23.3 Å². The van der Waals surface area contributed by atoms with E-state index in [1.165, 1.54) is 24.3 Å². The zero-order valence-corrected chi connectivity index (χ0v) is 10.7. The monoisotopic (exact) mass is 238 g/mol. The Balaban J connectivity index is 2.53. The molecule has 17 heavy (non-hydrogen) atoms. The van der Waals surface area contributed by atoms with E-state index in [0.29, 0.717) is 5.69 Å². The average molecular weight is 238 g/mol. The predicted octanol–water partition coefficient (Wildman–Crippen LogP) is 3.38. The molecule has 0 saturated heterocycles. The first-order valence-electron chi connectivity index (χ1n) is 5.62. The van der Waals surface area contributed by atoms with E-state index in [4.69, 9.17) is 0 Å². The Morgan fingerprint density at radius 3 is 2.24 bits per heavy atom. The lowest BCUT2D eigenvalue weighted by Crippen LogP contribution is -2.43. The number of hydrogen-bond donors (Lipinski definition) is 2. The molecule has 0 radical (unpaired) electrons. The van der Waals surface area contributed by atoms with Crippen molar-refractivity contribution >= 4 is 11.7 Å². The molecule has 0 heterocycles. The number of carbonyl (C=O) groups excluding carboxylic acids is 1. The highest BCUT2D eigenvalue weighted by atomic mass is 19.1. The van der Waals surface area contributed by atoms with Crippen LogP contribution >= 0.6 is 0 Å². The number of halogens is 1. The normalized spacial score (nSPS) is 13.0. The summed E-state index contributed by atoms with van der Waals surface area (Å²) in [6.07, 6.45) is 0. The summed E-state index contributed by atoms with van der Waals surface area (Å²) in [6.45, 7) is 8.10. The first-order chi connectivity index (χ1) is 7.79. The van der Waals surface area contributed by atoms with Gasteiger partial charge in [-0.3, -0.25) is 0 Å². The van der Waals surface area contributed by atoms with E-state index >= 15 is 0 Å². The maximum absolute atomic E-state index is 12.7. The van der Waals surface area contributed by atoms with Gasteiger partial charge in [0.25, 0.3) is 0 Å². The molecule has 0 bridgehead atoms. The molecule has 1 unspecified atom stereocenters. The fraction of sp³-hybridized carbons (Fsp3) is 0.462. The second-order valence-electron chi connectivity index (χ2n) is 5.19. The number of benzene rings is 1. The predicted molar refractivity (Wildman–Crippen MR) is 67.5 cm³/mol. The number of nitrogens with one attached hydrogen (secondary N) is 2. The summed E-state index contributed by atoms with van der Waals surface area (Å²) in [4.78, 5) is 11.6. The Morgan fingerprint density at radius 2 is 1.76 bits per heavy atom. The molecule has 1 aromatic rings. The van der Waals surface area contributed by atoms with Crippen molar-refractivity contribution in [2.24, 2.45) is 5.41 Å². The van der Waals surface area contributed by atoms with Crippen molar-refractivity contribution in [3.63, 3.8) is 0 Å². The van der Waals surface area contributed by atoms with Crippen LogP contribution in [-0.2, 0) is 0 Å². The number of urea groups is 1. The molecule has 1 aromatic carbocycles. The van der Waals surface area contributed by atoms with Gasteiger partial charge in [0, 0.05) is 11.7 Å². The minimum absolute atomic E-state index is 0.000135. The number of rotatable bonds is 2. The summed E-state index contributed by atoms with van der Waals surface area (Å²) in [6, 6.07) is 5.43. The van der Waals surface area contributed by atoms with Crippen LogP contribution in [-0.4, -0.2) is 12.1 Å². The molecule has 0 fully saturated rings. The fourth-order valence-electron chi connectivity index (χ4n) is 1.11. The molecule has 0 spiro atoms. The highest BCUT2D eigenvalue weighted by Gasteiger charge is 2.21. The van der Waals surface area contributed by atoms with Gasteiger partial charge in [-0.15, -0.1) is 0 Å². The molecule has 2 N–H and O–H groups in total. The molecule has 0 aliphatic carbocycles. The van der Waals surface area contributed by atoms with E-state index < -0.39 is 0 Å². The van der Waals surface area contributed by atoms with Crippen molar-refractivity contribution in [2.75, 3.05) is 5.32 Å². The summed E-state index contributed by atoms with van der Waals surface area (Å²) in [5, 5.41) is 5.49. The third kappa shape index (κ3) is 4.43. The molecule has 1 rings (SSSR count). The third-order valence-corrected chi connectivity index (χ3v) is 2.75. The van der Waals surface area contributed by atoms with Gasteiger partial charge in [0.05, 0.1) is 0 Å². The van der Waals surface area contributed by atoms with Crippen LogP contribution in [0, 0.1) is 11.2 Å². The molecule has 1 atom stereocenters. The van der Waals surface area contributed by atoms with Crippen molar-refractivity contribution in [1.29, 1.82) is 0 Å². The van der Waals surface area contributed by atoms with Gasteiger partial charge in [-0.25, -0.2) is 9.18 Å². The molecular formula is C13H19FN2O. The number of anilines is 1. The first-order valence-corrected chi connectivity index (χ1v) is 5.62. The van der Waals surface area contributed by atoms with E-state index in [9.17, 15) is 9.18 Å². The second-order valence-corrected chi connectivity index (χ2v) is 5.19. The molecule has 0 saturated carbocycles. The van der Waals surface area contributed by atoms with Gasteiger partial charge in [0.15, 0.2) is 0 Å². The van der Waals surface area contributed by atoms with Crippen LogP contribution in [0.25, 0.3) is 0 Å². The smallest absolute Gasteiger partial charge is 0.319 e. The lowest BCUT2D eigenvalue weighted by molar-refractivity contribution is 0.233. The zero-order chi connectivity index (χ0) is 13.1. The molecule has 94 valence electrons. The first kappa shape index (κ1) is 13.5. The summed E-state index contributed by atoms with van der Waals surface area (Å²) in [5.74, 6) is -0.320. The van der Waals surface area contributed by atoms with Gasteiger partial charge in [-0.1, -0.05) is 20.8 Å². The van der Waals surface area contributed by atoms with Crippen molar-refractivity contribution in [1.82, 2.24) is 5.32 Å². The highest BCUT2D eigenvalue weighted by molar-refractivity contribution is 5.89. The van der Waals surface area contributed by atoms with E-state index in [2.05, 4.69) is 31.4 Å². The van der Waals surface area contributed by atoms with Crippen molar-refractivity contribution in [2.45, 2.75) is 33.7 Å². The Bertz CT molecular complexity index is 381. The Hall–Kier alpha value is -1.58. The topological polar surface area (TPSA) is 41.1 Å². The maximum atomic E-state index is 12.7. The standard InChI is InChI=1S/C13H19FN2O/c1-9(13(2,3)4)15-12(17)16-11-7-5-10(14)6-8-11/h5-9H,1-4H3,(H2,15,16,17). The Morgan fingerprint density at radius 1 is 1.24 bits per heavy atom. The van der Waals surface area contributed by atoms with E-state index in [1.54, 1.807) is 0 Å². The van der Waals surface area contributed by atoms with Gasteiger partial charge in [0.1, 0.15) is 5.82 Å². The number of hydrogen-bond acceptors (Lipinski definition) is 1. The van der Waals surface area contributed by atoms with Crippen LogP contribution in [0.4, 0.5) is 14.9 Å². The fourth-order valence-corrected chi connectivity index (χ4v) is 1.11. The van der Waals surface area contributed by atoms with E-state index in [1.807, 2.05) is 6.92 Å². The quantitative estimate of drug-likeness (QED) is 0.814. The molecule has 3 nitrogen and oxygen atoms in total. The van der Waals surface area contributed by atoms with E-state index in [0.717, 1.165) is 0 Å². The Labute approximate surface area is 101 Å². The van der Waals surface area contributed by atoms with Crippen LogP contribution in [0.3, 0.4) is 0 Å². The van der Waals surface area contributed by atoms with Crippen LogP contribution < -0.4 is 10.6 Å². The third-order valence-electron chi connectivity index (χ3n) is 2.75. The minimum atomic E-state index is -0.320. The van der Waals surface area contributed by atoms with Gasteiger partial charge in [-0.2, -0.15) is 0 Å². The average Bonchev–Trinajstić information content (AvgIpc) is 2.20. The summed E-state index contributed by atoms with van der Waals surface area (Å²) >= 11 is 0. The molecule has 4 heteroatoms. The second kappa shape index (κ2) is 5.17. The van der Waals surface area contributed by atoms with Crippen molar-refractivity contribution in [3.05, 3.63) is 30.1 Å². The molecule has 0 aromatic heterocycles. The summed E-state index contributed by atoms with van der Waals surface area (Å²) in [7, 11) is 0. The summed E-state index contributed by atoms with van der Waals surface area (Å²) in [5.41, 5.74) is 0.574. The number of carbonyl (C=O) groups is 1. The maximum Gasteiger partial charge on any atom is 0.319 e. The Kier molecular flexibility index (Phi) is 4.10. The number of amides is 2. The van der Waals surface area contributed by atoms with Gasteiger partial charge in [-0.05, 0) is 36.6 Å². The molecule has 0 aliphatic rings. The highest BCUT2D eigenvalue weighted by Crippen LogP contribution is 2.18. The lowest BCUT2D eigenvalue weighted by atomic mass is 9.88. The van der Waals surface area contributed by atoms with Crippen LogP contribution in [0.15, 0.2) is 24.3 Å². The molecular weight excluding hydrogens is 219 g/mol. The SMILES string of the molecule is CC(NC(=O)Nc1ccc(F)cc1)C(C)(C)C. The minimum Gasteiger partial charge on any atom is -0.335 e. The van der Waals surface area contributed by atoms with Gasteiger partial charge >= 0.3 is 6.03 Å². The van der Waals surface area contributed by atoms with Crippen molar-refractivity contribution < 1.29 is 9.18 Å². The van der Waals surface area contributed by atoms with Crippen LogP contribution in [0.5, 0.6) is 0 Å². The van der Waals surface area contributed by atoms with Crippen LogP contribution in [0.2, 0.25) is 0 Å². The van der Waals surface area contributed by atoms with Gasteiger partial charge in [0.2, 0.25) is 0 Å². The van der Waals surface area contributed by atoms with Gasteiger partial charge < -0.3 is 10.6 Å². The summed E-state index contributed by atoms with van der Waals surface area (Å²) < 4.78 is 12.7. The molecule has 2 amide bonds. The van der Waals surface area contributed by atoms with Crippen LogP contribution in [0.1, 0.15) is 27.7 Å². The largest absolute Gasteiger partial charge is 0.335 e. The zero-order valence-electron chi connectivity index (χ0n) is 10.7. The van der Waals surface area contributed by atoms with Crippen molar-refractivity contribution in [3.8, 4) is 0 Å². The molecule has 0 aliphatic heterocycles. The lowest BCUT2D eigenvalue weighted by Gasteiger charge is -2.28.